The van der Waals surface area contributed by atoms with Gasteiger partial charge in [0.2, 0.25) is 5.91 Å². The topological polar surface area (TPSA) is 44.4 Å². The highest BCUT2D eigenvalue weighted by atomic mass is 16.2. The van der Waals surface area contributed by atoms with Crippen molar-refractivity contribution in [3.8, 4) is 0 Å². The van der Waals surface area contributed by atoms with Crippen LogP contribution in [0.2, 0.25) is 0 Å². The molecule has 2 saturated heterocycles. The molecule has 0 aromatic heterocycles. The zero-order valence-corrected chi connectivity index (χ0v) is 11.9. The van der Waals surface area contributed by atoms with Crippen LogP contribution in [0.4, 0.5) is 0 Å². The molecule has 0 aromatic carbocycles. The Kier molecular flexibility index (Phi) is 4.62. The summed E-state index contributed by atoms with van der Waals surface area (Å²) in [4.78, 5) is 14.6. The Morgan fingerprint density at radius 2 is 1.94 bits per heavy atom. The fraction of sp³-hybridized carbons (Fsp3) is 0.929. The Labute approximate surface area is 110 Å². The molecule has 0 radical (unpaired) electrons. The van der Waals surface area contributed by atoms with Crippen molar-refractivity contribution in [1.82, 2.24) is 15.5 Å². The Morgan fingerprint density at radius 1 is 1.28 bits per heavy atom. The lowest BCUT2D eigenvalue weighted by Crippen LogP contribution is -2.51. The lowest BCUT2D eigenvalue weighted by atomic mass is 10.00. The molecule has 0 aliphatic carbocycles. The van der Waals surface area contributed by atoms with E-state index in [1.165, 1.54) is 0 Å². The van der Waals surface area contributed by atoms with Gasteiger partial charge in [-0.05, 0) is 45.6 Å². The van der Waals surface area contributed by atoms with Crippen molar-refractivity contribution in [3.05, 3.63) is 0 Å². The highest BCUT2D eigenvalue weighted by molar-refractivity contribution is 5.82. The summed E-state index contributed by atoms with van der Waals surface area (Å²) in [6.07, 6.45) is 3.29. The van der Waals surface area contributed by atoms with Crippen LogP contribution in [0, 0.1) is 5.92 Å². The van der Waals surface area contributed by atoms with E-state index in [0.717, 1.165) is 38.9 Å². The van der Waals surface area contributed by atoms with Gasteiger partial charge in [0.15, 0.2) is 0 Å². The van der Waals surface area contributed by atoms with E-state index in [4.69, 9.17) is 0 Å². The monoisotopic (exact) mass is 253 g/mol. The van der Waals surface area contributed by atoms with E-state index in [2.05, 4.69) is 36.3 Å². The van der Waals surface area contributed by atoms with E-state index in [1.54, 1.807) is 0 Å². The third-order valence-corrected chi connectivity index (χ3v) is 4.42. The molecule has 1 amide bonds. The molecular formula is C14H27N3O. The summed E-state index contributed by atoms with van der Waals surface area (Å²) in [5, 5.41) is 6.52. The second-order valence-electron chi connectivity index (χ2n) is 6.11. The Hall–Kier alpha value is -0.610. The smallest absolute Gasteiger partial charge is 0.237 e. The number of amides is 1. The van der Waals surface area contributed by atoms with Crippen LogP contribution < -0.4 is 10.6 Å². The molecule has 2 fully saturated rings. The molecule has 2 N–H and O–H groups in total. The number of hydrogen-bond acceptors (Lipinski definition) is 3. The van der Waals surface area contributed by atoms with Crippen molar-refractivity contribution < 1.29 is 4.79 Å². The van der Waals surface area contributed by atoms with E-state index < -0.39 is 0 Å². The van der Waals surface area contributed by atoms with Gasteiger partial charge in [0.25, 0.3) is 0 Å². The summed E-state index contributed by atoms with van der Waals surface area (Å²) >= 11 is 0. The van der Waals surface area contributed by atoms with Gasteiger partial charge in [-0.15, -0.1) is 0 Å². The number of piperidine rings is 1. The van der Waals surface area contributed by atoms with Gasteiger partial charge in [0, 0.05) is 25.2 Å². The van der Waals surface area contributed by atoms with Gasteiger partial charge in [-0.25, -0.2) is 0 Å². The molecule has 2 aliphatic heterocycles. The molecule has 2 unspecified atom stereocenters. The molecule has 2 rings (SSSR count). The number of nitrogens with one attached hydrogen (secondary N) is 2. The minimum absolute atomic E-state index is 0.0353. The van der Waals surface area contributed by atoms with Crippen LogP contribution in [0.1, 0.15) is 40.0 Å². The molecular weight excluding hydrogens is 226 g/mol. The van der Waals surface area contributed by atoms with Gasteiger partial charge in [0.05, 0.1) is 6.04 Å². The fourth-order valence-electron chi connectivity index (χ4n) is 3.04. The van der Waals surface area contributed by atoms with Gasteiger partial charge < -0.3 is 15.5 Å². The molecule has 0 spiro atoms. The maximum absolute atomic E-state index is 12.2. The second-order valence-corrected chi connectivity index (χ2v) is 6.11. The molecule has 4 nitrogen and oxygen atoms in total. The molecule has 0 saturated carbocycles. The maximum Gasteiger partial charge on any atom is 0.237 e. The summed E-state index contributed by atoms with van der Waals surface area (Å²) in [5.41, 5.74) is 0. The van der Waals surface area contributed by atoms with Crippen molar-refractivity contribution in [1.29, 1.82) is 0 Å². The van der Waals surface area contributed by atoms with Crippen molar-refractivity contribution in [2.75, 3.05) is 19.6 Å². The van der Waals surface area contributed by atoms with E-state index in [-0.39, 0.29) is 11.9 Å². The molecule has 104 valence electrons. The van der Waals surface area contributed by atoms with Crippen LogP contribution >= 0.6 is 0 Å². The van der Waals surface area contributed by atoms with E-state index in [0.29, 0.717) is 18.0 Å². The molecule has 0 bridgehead atoms. The number of rotatable bonds is 3. The van der Waals surface area contributed by atoms with Crippen LogP contribution in [0.5, 0.6) is 0 Å². The molecule has 2 aliphatic rings. The normalized spacial score (nSPS) is 30.9. The first-order valence-electron chi connectivity index (χ1n) is 7.35. The molecule has 0 aromatic rings. The number of nitrogens with zero attached hydrogens (tertiary/aromatic N) is 1. The molecule has 2 atom stereocenters. The van der Waals surface area contributed by atoms with Gasteiger partial charge in [-0.2, -0.15) is 0 Å². The standard InChI is InChI=1S/C14H27N3O/c1-10(2)17-8-5-12(6-9-17)16-14(18)13-11(3)4-7-15-13/h10-13,15H,4-9H2,1-3H3,(H,16,18). The Balaban J connectivity index is 1.76. The minimum atomic E-state index is 0.0353. The Bertz CT molecular complexity index is 285. The zero-order valence-electron chi connectivity index (χ0n) is 11.9. The first-order chi connectivity index (χ1) is 8.58. The van der Waals surface area contributed by atoms with Crippen LogP contribution in [0.25, 0.3) is 0 Å². The van der Waals surface area contributed by atoms with Crippen LogP contribution in [-0.4, -0.2) is 48.6 Å². The van der Waals surface area contributed by atoms with Gasteiger partial charge >= 0.3 is 0 Å². The molecule has 2 heterocycles. The van der Waals surface area contributed by atoms with Crippen molar-refractivity contribution in [3.63, 3.8) is 0 Å². The highest BCUT2D eigenvalue weighted by Gasteiger charge is 2.31. The predicted octanol–water partition coefficient (Wildman–Crippen LogP) is 0.973. The average Bonchev–Trinajstić information content (AvgIpc) is 2.76. The van der Waals surface area contributed by atoms with Gasteiger partial charge in [-0.1, -0.05) is 6.92 Å². The summed E-state index contributed by atoms with van der Waals surface area (Å²) in [6.45, 7) is 9.83. The average molecular weight is 253 g/mol. The fourth-order valence-corrected chi connectivity index (χ4v) is 3.04. The first-order valence-corrected chi connectivity index (χ1v) is 7.35. The SMILES string of the molecule is CC1CCNC1C(=O)NC1CCN(C(C)C)CC1. The lowest BCUT2D eigenvalue weighted by Gasteiger charge is -2.35. The largest absolute Gasteiger partial charge is 0.352 e. The number of likely N-dealkylation sites (tertiary alicyclic amines) is 1. The number of hydrogen-bond donors (Lipinski definition) is 2. The number of carbonyl (C=O) groups is 1. The number of carbonyl (C=O) groups excluding carboxylic acids is 1. The van der Waals surface area contributed by atoms with Gasteiger partial charge in [0.1, 0.15) is 0 Å². The van der Waals surface area contributed by atoms with Crippen molar-refractivity contribution in [2.45, 2.75) is 58.2 Å². The Morgan fingerprint density at radius 3 is 2.44 bits per heavy atom. The summed E-state index contributed by atoms with van der Waals surface area (Å²) in [7, 11) is 0. The molecule has 18 heavy (non-hydrogen) atoms. The van der Waals surface area contributed by atoms with E-state index in [1.807, 2.05) is 0 Å². The van der Waals surface area contributed by atoms with E-state index in [9.17, 15) is 4.79 Å². The third-order valence-electron chi connectivity index (χ3n) is 4.42. The minimum Gasteiger partial charge on any atom is -0.352 e. The van der Waals surface area contributed by atoms with Crippen LogP contribution in [-0.2, 0) is 4.79 Å². The second kappa shape index (κ2) is 6.02. The van der Waals surface area contributed by atoms with E-state index >= 15 is 0 Å². The summed E-state index contributed by atoms with van der Waals surface area (Å²) in [6, 6.07) is 1.04. The van der Waals surface area contributed by atoms with Crippen molar-refractivity contribution in [2.24, 2.45) is 5.92 Å². The van der Waals surface area contributed by atoms with Crippen LogP contribution in [0.15, 0.2) is 0 Å². The van der Waals surface area contributed by atoms with Gasteiger partial charge in [-0.3, -0.25) is 4.79 Å². The third kappa shape index (κ3) is 3.23. The quantitative estimate of drug-likeness (QED) is 0.788. The summed E-state index contributed by atoms with van der Waals surface area (Å²) in [5.74, 6) is 0.684. The lowest BCUT2D eigenvalue weighted by molar-refractivity contribution is -0.124. The zero-order chi connectivity index (χ0) is 13.1. The molecule has 4 heteroatoms. The van der Waals surface area contributed by atoms with Crippen LogP contribution in [0.3, 0.4) is 0 Å². The predicted molar refractivity (Wildman–Crippen MR) is 73.4 cm³/mol. The first kappa shape index (κ1) is 13.8. The van der Waals surface area contributed by atoms with Crippen molar-refractivity contribution >= 4 is 5.91 Å². The summed E-state index contributed by atoms with van der Waals surface area (Å²) < 4.78 is 0. The highest BCUT2D eigenvalue weighted by Crippen LogP contribution is 2.17. The maximum atomic E-state index is 12.2.